The number of aryl methyl sites for hydroxylation is 1. The maximum atomic E-state index is 12.1. The average molecular weight is 298 g/mol. The summed E-state index contributed by atoms with van der Waals surface area (Å²) in [5.41, 5.74) is 0.886. The number of thiophene rings is 1. The summed E-state index contributed by atoms with van der Waals surface area (Å²) in [7, 11) is 1.63. The smallest absolute Gasteiger partial charge is 0.338 e. The lowest BCUT2D eigenvalue weighted by Crippen LogP contribution is -2.34. The number of carboxylic acids is 1. The number of carbonyl (C=O) groups is 2. The van der Waals surface area contributed by atoms with Crippen LogP contribution in [0.25, 0.3) is 0 Å². The van der Waals surface area contributed by atoms with Gasteiger partial charge in [-0.05, 0) is 25.8 Å². The van der Waals surface area contributed by atoms with Gasteiger partial charge in [-0.2, -0.15) is 0 Å². The largest absolute Gasteiger partial charge is 0.478 e. The van der Waals surface area contributed by atoms with Crippen LogP contribution in [-0.2, 0) is 4.74 Å². The molecule has 0 aromatic carbocycles. The third-order valence-electron chi connectivity index (χ3n) is 3.59. The molecule has 1 atom stereocenters. The molecule has 0 saturated carbocycles. The quantitative estimate of drug-likeness (QED) is 0.897. The minimum atomic E-state index is -1.02. The minimum absolute atomic E-state index is 0.0616. The zero-order valence-electron chi connectivity index (χ0n) is 11.7. The van der Waals surface area contributed by atoms with Gasteiger partial charge in [0.1, 0.15) is 5.00 Å². The lowest BCUT2D eigenvalue weighted by Gasteiger charge is -2.16. The van der Waals surface area contributed by atoms with E-state index in [0.29, 0.717) is 23.7 Å². The van der Waals surface area contributed by atoms with Crippen LogP contribution >= 0.6 is 11.3 Å². The van der Waals surface area contributed by atoms with Gasteiger partial charge in [0.2, 0.25) is 0 Å². The summed E-state index contributed by atoms with van der Waals surface area (Å²) >= 11 is 1.29. The molecule has 2 heterocycles. The van der Waals surface area contributed by atoms with Gasteiger partial charge in [0.25, 0.3) is 0 Å². The zero-order valence-corrected chi connectivity index (χ0v) is 12.5. The van der Waals surface area contributed by atoms with Crippen molar-refractivity contribution in [2.75, 3.05) is 25.5 Å². The monoisotopic (exact) mass is 298 g/mol. The SMILES string of the molecule is COC1CCN(C(=O)Nc2sc(C)c(C)c2C(=O)O)C1. The lowest BCUT2D eigenvalue weighted by atomic mass is 10.1. The minimum Gasteiger partial charge on any atom is -0.478 e. The maximum Gasteiger partial charge on any atom is 0.338 e. The van der Waals surface area contributed by atoms with Gasteiger partial charge in [-0.3, -0.25) is 5.32 Å². The van der Waals surface area contributed by atoms with Crippen LogP contribution in [0.15, 0.2) is 0 Å². The molecule has 2 amide bonds. The van der Waals surface area contributed by atoms with E-state index in [2.05, 4.69) is 5.32 Å². The van der Waals surface area contributed by atoms with E-state index < -0.39 is 5.97 Å². The van der Waals surface area contributed by atoms with Crippen molar-refractivity contribution in [3.05, 3.63) is 16.0 Å². The van der Waals surface area contributed by atoms with Crippen molar-refractivity contribution in [2.24, 2.45) is 0 Å². The second-order valence-electron chi connectivity index (χ2n) is 4.82. The van der Waals surface area contributed by atoms with E-state index >= 15 is 0 Å². The molecular weight excluding hydrogens is 280 g/mol. The first-order valence-electron chi connectivity index (χ1n) is 6.36. The van der Waals surface area contributed by atoms with Crippen LogP contribution in [0.5, 0.6) is 0 Å². The Morgan fingerprint density at radius 2 is 2.15 bits per heavy atom. The number of nitrogens with one attached hydrogen (secondary N) is 1. The molecule has 1 saturated heterocycles. The summed E-state index contributed by atoms with van der Waals surface area (Å²) in [6.07, 6.45) is 0.865. The molecular formula is C13H18N2O4S. The van der Waals surface area contributed by atoms with Gasteiger partial charge in [0, 0.05) is 25.1 Å². The Bertz CT molecular complexity index is 541. The summed E-state index contributed by atoms with van der Waals surface area (Å²) in [5, 5.41) is 12.4. The number of aromatic carboxylic acids is 1. The molecule has 20 heavy (non-hydrogen) atoms. The highest BCUT2D eigenvalue weighted by atomic mass is 32.1. The molecule has 1 aliphatic heterocycles. The second-order valence-corrected chi connectivity index (χ2v) is 6.04. The molecule has 0 radical (unpaired) electrons. The molecule has 2 rings (SSSR count). The Kier molecular flexibility index (Phi) is 4.29. The molecule has 1 fully saturated rings. The van der Waals surface area contributed by atoms with Crippen molar-refractivity contribution in [1.29, 1.82) is 0 Å². The lowest BCUT2D eigenvalue weighted by molar-refractivity contribution is 0.0697. The Morgan fingerprint density at radius 3 is 2.70 bits per heavy atom. The third kappa shape index (κ3) is 2.78. The predicted octanol–water partition coefficient (Wildman–Crippen LogP) is 2.32. The molecule has 1 aliphatic rings. The van der Waals surface area contributed by atoms with Crippen LogP contribution in [0.4, 0.5) is 9.80 Å². The topological polar surface area (TPSA) is 78.9 Å². The average Bonchev–Trinajstić information content (AvgIpc) is 2.95. The molecule has 1 aromatic rings. The number of nitrogens with zero attached hydrogens (tertiary/aromatic N) is 1. The van der Waals surface area contributed by atoms with E-state index in [1.807, 2.05) is 6.92 Å². The Balaban J connectivity index is 2.12. The molecule has 6 nitrogen and oxygen atoms in total. The number of likely N-dealkylation sites (tertiary alicyclic amines) is 1. The number of amides is 2. The zero-order chi connectivity index (χ0) is 14.9. The number of urea groups is 1. The summed E-state index contributed by atoms with van der Waals surface area (Å²) in [4.78, 5) is 26.0. The van der Waals surface area contributed by atoms with Crippen LogP contribution in [0.3, 0.4) is 0 Å². The predicted molar refractivity (Wildman–Crippen MR) is 76.8 cm³/mol. The van der Waals surface area contributed by atoms with Crippen molar-refractivity contribution in [3.63, 3.8) is 0 Å². The van der Waals surface area contributed by atoms with Gasteiger partial charge in [0.05, 0.1) is 11.7 Å². The summed E-state index contributed by atoms with van der Waals surface area (Å²) < 4.78 is 5.21. The summed E-state index contributed by atoms with van der Waals surface area (Å²) in [6.45, 7) is 4.75. The fraction of sp³-hybridized carbons (Fsp3) is 0.538. The Labute approximate surface area is 121 Å². The van der Waals surface area contributed by atoms with Crippen LogP contribution in [-0.4, -0.2) is 48.3 Å². The van der Waals surface area contributed by atoms with Crippen molar-refractivity contribution in [2.45, 2.75) is 26.4 Å². The first-order valence-corrected chi connectivity index (χ1v) is 7.17. The fourth-order valence-electron chi connectivity index (χ4n) is 2.25. The van der Waals surface area contributed by atoms with Crippen LogP contribution in [0.2, 0.25) is 0 Å². The molecule has 1 aromatic heterocycles. The van der Waals surface area contributed by atoms with Gasteiger partial charge >= 0.3 is 12.0 Å². The number of hydrogen-bond acceptors (Lipinski definition) is 4. The molecule has 0 aliphatic carbocycles. The van der Waals surface area contributed by atoms with Crippen LogP contribution < -0.4 is 5.32 Å². The van der Waals surface area contributed by atoms with Crippen LogP contribution in [0, 0.1) is 13.8 Å². The standard InChI is InChI=1S/C13H18N2O4S/c1-7-8(2)20-11(10(7)12(16)17)14-13(18)15-5-4-9(6-15)19-3/h9H,4-6H2,1-3H3,(H,14,18)(H,16,17). The van der Waals surface area contributed by atoms with E-state index in [-0.39, 0.29) is 17.7 Å². The third-order valence-corrected chi connectivity index (χ3v) is 4.71. The molecule has 7 heteroatoms. The van der Waals surface area contributed by atoms with Gasteiger partial charge in [-0.15, -0.1) is 11.3 Å². The summed E-state index contributed by atoms with van der Waals surface area (Å²) in [6, 6.07) is -0.270. The Morgan fingerprint density at radius 1 is 1.45 bits per heavy atom. The van der Waals surface area contributed by atoms with Crippen molar-refractivity contribution in [3.8, 4) is 0 Å². The first-order chi connectivity index (χ1) is 9.43. The fourth-order valence-corrected chi connectivity index (χ4v) is 3.30. The number of carboxylic acid groups (broad SMARTS) is 1. The maximum absolute atomic E-state index is 12.1. The van der Waals surface area contributed by atoms with E-state index in [9.17, 15) is 14.7 Å². The van der Waals surface area contributed by atoms with Crippen molar-refractivity contribution in [1.82, 2.24) is 4.90 Å². The number of methoxy groups -OCH3 is 1. The molecule has 0 bridgehead atoms. The second kappa shape index (κ2) is 5.80. The highest BCUT2D eigenvalue weighted by molar-refractivity contribution is 7.16. The van der Waals surface area contributed by atoms with Crippen LogP contribution in [0.1, 0.15) is 27.2 Å². The first kappa shape index (κ1) is 14.8. The Hall–Kier alpha value is -1.60. The van der Waals surface area contributed by atoms with E-state index in [0.717, 1.165) is 11.3 Å². The van der Waals surface area contributed by atoms with Crippen molar-refractivity contribution < 1.29 is 19.4 Å². The number of ether oxygens (including phenoxy) is 1. The highest BCUT2D eigenvalue weighted by Crippen LogP contribution is 2.32. The van der Waals surface area contributed by atoms with E-state index in [4.69, 9.17) is 4.74 Å². The molecule has 1 unspecified atom stereocenters. The number of hydrogen-bond donors (Lipinski definition) is 2. The van der Waals surface area contributed by atoms with Gasteiger partial charge in [-0.1, -0.05) is 0 Å². The number of rotatable bonds is 3. The van der Waals surface area contributed by atoms with E-state index in [1.165, 1.54) is 11.3 Å². The molecule has 0 spiro atoms. The van der Waals surface area contributed by atoms with Crippen molar-refractivity contribution >= 4 is 28.3 Å². The normalized spacial score (nSPS) is 18.4. The van der Waals surface area contributed by atoms with E-state index in [1.54, 1.807) is 18.9 Å². The number of carbonyl (C=O) groups excluding carboxylic acids is 1. The highest BCUT2D eigenvalue weighted by Gasteiger charge is 2.28. The summed E-state index contributed by atoms with van der Waals surface area (Å²) in [5.74, 6) is -1.02. The van der Waals surface area contributed by atoms with Gasteiger partial charge < -0.3 is 14.7 Å². The van der Waals surface area contributed by atoms with Gasteiger partial charge in [-0.25, -0.2) is 9.59 Å². The molecule has 2 N–H and O–H groups in total. The van der Waals surface area contributed by atoms with Gasteiger partial charge in [0.15, 0.2) is 0 Å². The number of anilines is 1. The molecule has 110 valence electrons.